The van der Waals surface area contributed by atoms with Crippen LogP contribution in [0.15, 0.2) is 42.5 Å². The molecule has 0 radical (unpaired) electrons. The Kier molecular flexibility index (Phi) is 2.62. The van der Waals surface area contributed by atoms with Gasteiger partial charge >= 0.3 is 0 Å². The molecule has 0 aliphatic carbocycles. The zero-order valence-corrected chi connectivity index (χ0v) is 10.1. The van der Waals surface area contributed by atoms with E-state index < -0.39 is 0 Å². The van der Waals surface area contributed by atoms with Crippen molar-refractivity contribution < 1.29 is 4.79 Å². The van der Waals surface area contributed by atoms with Gasteiger partial charge in [0.15, 0.2) is 0 Å². The highest BCUT2D eigenvalue weighted by molar-refractivity contribution is 5.98. The van der Waals surface area contributed by atoms with E-state index in [4.69, 9.17) is 5.26 Å². The fourth-order valence-corrected chi connectivity index (χ4v) is 2.25. The fraction of sp³-hybridized carbons (Fsp3) is 0. The Balaban J connectivity index is 2.26. The van der Waals surface area contributed by atoms with Crippen LogP contribution in [-0.4, -0.2) is 6.41 Å². The Morgan fingerprint density at radius 3 is 2.53 bits per heavy atom. The molecule has 0 spiro atoms. The van der Waals surface area contributed by atoms with Crippen molar-refractivity contribution in [2.75, 3.05) is 4.90 Å². The van der Waals surface area contributed by atoms with Crippen LogP contribution in [0.25, 0.3) is 12.2 Å². The zero-order chi connectivity index (χ0) is 13.2. The Labute approximate surface area is 111 Å². The molecular formula is C16H10N2O. The summed E-state index contributed by atoms with van der Waals surface area (Å²) in [6.07, 6.45) is 4.69. The molecule has 0 atom stereocenters. The molecule has 3 rings (SSSR count). The van der Waals surface area contributed by atoms with Crippen molar-refractivity contribution >= 4 is 29.9 Å². The van der Waals surface area contributed by atoms with Crippen molar-refractivity contribution in [1.82, 2.24) is 0 Å². The van der Waals surface area contributed by atoms with Crippen LogP contribution in [0.2, 0.25) is 0 Å². The van der Waals surface area contributed by atoms with E-state index in [0.717, 1.165) is 28.9 Å². The van der Waals surface area contributed by atoms with Crippen molar-refractivity contribution in [3.8, 4) is 6.07 Å². The summed E-state index contributed by atoms with van der Waals surface area (Å²) in [6, 6.07) is 15.1. The molecule has 1 aliphatic rings. The molecule has 3 nitrogen and oxygen atoms in total. The number of carbonyl (C=O) groups is 1. The molecule has 19 heavy (non-hydrogen) atoms. The van der Waals surface area contributed by atoms with E-state index in [-0.39, 0.29) is 0 Å². The van der Waals surface area contributed by atoms with E-state index >= 15 is 0 Å². The summed E-state index contributed by atoms with van der Waals surface area (Å²) in [4.78, 5) is 13.0. The predicted octanol–water partition coefficient (Wildman–Crippen LogP) is 3.34. The first-order chi connectivity index (χ1) is 9.33. The standard InChI is InChI=1S/C16H10N2O/c17-10-12-5-8-16-14(9-12)7-6-13-3-1-2-4-15(13)18(16)11-19/h1-9,11H. The van der Waals surface area contributed by atoms with Gasteiger partial charge in [-0.05, 0) is 35.4 Å². The summed E-state index contributed by atoms with van der Waals surface area (Å²) < 4.78 is 0. The molecule has 0 unspecified atom stereocenters. The average Bonchev–Trinajstić information content (AvgIpc) is 2.63. The largest absolute Gasteiger partial charge is 0.282 e. The first kappa shape index (κ1) is 11.2. The van der Waals surface area contributed by atoms with Crippen LogP contribution in [0, 0.1) is 11.3 Å². The molecule has 0 aromatic heterocycles. The minimum Gasteiger partial charge on any atom is -0.282 e. The summed E-state index contributed by atoms with van der Waals surface area (Å²) in [5.74, 6) is 0. The molecule has 0 saturated carbocycles. The van der Waals surface area contributed by atoms with Gasteiger partial charge in [0.1, 0.15) is 0 Å². The fourth-order valence-electron chi connectivity index (χ4n) is 2.25. The van der Waals surface area contributed by atoms with Gasteiger partial charge in [0.05, 0.1) is 23.0 Å². The summed E-state index contributed by atoms with van der Waals surface area (Å²) in [5, 5.41) is 8.95. The summed E-state index contributed by atoms with van der Waals surface area (Å²) in [5.41, 5.74) is 4.05. The van der Waals surface area contributed by atoms with Crippen LogP contribution in [0.4, 0.5) is 11.4 Å². The van der Waals surface area contributed by atoms with Crippen molar-refractivity contribution in [2.45, 2.75) is 0 Å². The lowest BCUT2D eigenvalue weighted by Crippen LogP contribution is -2.15. The third kappa shape index (κ3) is 1.80. The number of amides is 1. The summed E-state index contributed by atoms with van der Waals surface area (Å²) >= 11 is 0. The van der Waals surface area contributed by atoms with Gasteiger partial charge in [-0.3, -0.25) is 9.69 Å². The van der Waals surface area contributed by atoms with Gasteiger partial charge in [0.2, 0.25) is 6.41 Å². The predicted molar refractivity (Wildman–Crippen MR) is 74.7 cm³/mol. The van der Waals surface area contributed by atoms with Crippen LogP contribution >= 0.6 is 0 Å². The third-order valence-electron chi connectivity index (χ3n) is 3.16. The molecule has 0 saturated heterocycles. The summed E-state index contributed by atoms with van der Waals surface area (Å²) in [6.45, 7) is 0. The van der Waals surface area contributed by atoms with E-state index in [0.29, 0.717) is 5.56 Å². The quantitative estimate of drug-likeness (QED) is 0.724. The first-order valence-electron chi connectivity index (χ1n) is 5.89. The molecule has 2 aromatic carbocycles. The van der Waals surface area contributed by atoms with E-state index in [9.17, 15) is 4.79 Å². The van der Waals surface area contributed by atoms with Gasteiger partial charge < -0.3 is 0 Å². The van der Waals surface area contributed by atoms with Gasteiger partial charge in [0.25, 0.3) is 0 Å². The second kappa shape index (κ2) is 4.43. The molecule has 1 heterocycles. The average molecular weight is 246 g/mol. The molecule has 90 valence electrons. The number of hydrogen-bond acceptors (Lipinski definition) is 2. The second-order valence-electron chi connectivity index (χ2n) is 4.25. The van der Waals surface area contributed by atoms with Crippen molar-refractivity contribution in [2.24, 2.45) is 0 Å². The highest BCUT2D eigenvalue weighted by atomic mass is 16.1. The maximum absolute atomic E-state index is 11.4. The second-order valence-corrected chi connectivity index (χ2v) is 4.25. The topological polar surface area (TPSA) is 44.1 Å². The lowest BCUT2D eigenvalue weighted by Gasteiger charge is -2.19. The highest BCUT2D eigenvalue weighted by Crippen LogP contribution is 2.35. The number of carbonyl (C=O) groups excluding carboxylic acids is 1. The van der Waals surface area contributed by atoms with Gasteiger partial charge in [-0.1, -0.05) is 30.4 Å². The smallest absolute Gasteiger partial charge is 0.218 e. The lowest BCUT2D eigenvalue weighted by atomic mass is 10.1. The zero-order valence-electron chi connectivity index (χ0n) is 10.1. The van der Waals surface area contributed by atoms with Gasteiger partial charge in [-0.25, -0.2) is 0 Å². The van der Waals surface area contributed by atoms with Gasteiger partial charge in [-0.2, -0.15) is 5.26 Å². The first-order valence-corrected chi connectivity index (χ1v) is 5.89. The molecule has 0 N–H and O–H groups in total. The summed E-state index contributed by atoms with van der Waals surface area (Å²) in [7, 11) is 0. The van der Waals surface area contributed by atoms with Crippen LogP contribution in [0.5, 0.6) is 0 Å². The molecule has 1 amide bonds. The van der Waals surface area contributed by atoms with Gasteiger partial charge in [0, 0.05) is 0 Å². The molecule has 0 fully saturated rings. The Morgan fingerprint density at radius 1 is 1.00 bits per heavy atom. The van der Waals surface area contributed by atoms with Crippen LogP contribution in [-0.2, 0) is 4.79 Å². The van der Waals surface area contributed by atoms with Gasteiger partial charge in [-0.15, -0.1) is 0 Å². The van der Waals surface area contributed by atoms with E-state index in [2.05, 4.69) is 6.07 Å². The minimum atomic E-state index is 0.584. The third-order valence-corrected chi connectivity index (χ3v) is 3.16. The van der Waals surface area contributed by atoms with E-state index in [1.54, 1.807) is 23.1 Å². The number of fused-ring (bicyclic) bond motifs is 2. The monoisotopic (exact) mass is 246 g/mol. The molecule has 3 heteroatoms. The van der Waals surface area contributed by atoms with E-state index in [1.165, 1.54) is 0 Å². The molecule has 2 aromatic rings. The Hall–Kier alpha value is -2.86. The Morgan fingerprint density at radius 2 is 1.74 bits per heavy atom. The molecular weight excluding hydrogens is 236 g/mol. The van der Waals surface area contributed by atoms with Crippen LogP contribution in [0.3, 0.4) is 0 Å². The number of benzene rings is 2. The number of nitriles is 1. The van der Waals surface area contributed by atoms with E-state index in [1.807, 2.05) is 36.4 Å². The maximum atomic E-state index is 11.4. The number of anilines is 2. The number of para-hydroxylation sites is 1. The van der Waals surface area contributed by atoms with Crippen molar-refractivity contribution in [3.63, 3.8) is 0 Å². The minimum absolute atomic E-state index is 0.584. The van der Waals surface area contributed by atoms with Crippen molar-refractivity contribution in [3.05, 3.63) is 59.2 Å². The number of nitrogens with zero attached hydrogens (tertiary/aromatic N) is 2. The Bertz CT molecular complexity index is 726. The molecule has 0 bridgehead atoms. The number of rotatable bonds is 1. The SMILES string of the molecule is N#Cc1ccc2c(c1)C=Cc1ccccc1N2C=O. The lowest BCUT2D eigenvalue weighted by molar-refractivity contribution is -0.106. The van der Waals surface area contributed by atoms with Crippen molar-refractivity contribution in [1.29, 1.82) is 5.26 Å². The highest BCUT2D eigenvalue weighted by Gasteiger charge is 2.17. The maximum Gasteiger partial charge on any atom is 0.218 e. The van der Waals surface area contributed by atoms with Crippen LogP contribution < -0.4 is 4.90 Å². The normalized spacial score (nSPS) is 12.1. The van der Waals surface area contributed by atoms with Crippen LogP contribution in [0.1, 0.15) is 16.7 Å². The molecule has 1 aliphatic heterocycles. The number of hydrogen-bond donors (Lipinski definition) is 0.